The predicted molar refractivity (Wildman–Crippen MR) is 68.1 cm³/mol. The zero-order chi connectivity index (χ0) is 13.8. The maximum atomic E-state index is 12.0. The lowest BCUT2D eigenvalue weighted by atomic mass is 10.1. The number of aryl methyl sites for hydroxylation is 1. The van der Waals surface area contributed by atoms with Gasteiger partial charge < -0.3 is 5.11 Å². The van der Waals surface area contributed by atoms with Crippen LogP contribution < -0.4 is 4.72 Å². The molecule has 0 aliphatic heterocycles. The second-order valence-electron chi connectivity index (χ2n) is 3.76. The maximum absolute atomic E-state index is 12.0. The molecule has 0 bridgehead atoms. The van der Waals surface area contributed by atoms with Crippen LogP contribution in [0.25, 0.3) is 0 Å². The molecule has 98 valence electrons. The number of aromatic carboxylic acids is 1. The monoisotopic (exact) mass is 269 g/mol. The number of hydrogen-bond donors (Lipinski definition) is 2. The Morgan fingerprint density at radius 3 is 2.72 bits per heavy atom. The SMILES string of the molecule is C=CCCNS(=O)(=O)c1cc(C(=O)O)ccc1C. The first kappa shape index (κ1) is 14.4. The number of rotatable bonds is 6. The Hall–Kier alpha value is -1.66. The molecule has 0 fully saturated rings. The summed E-state index contributed by atoms with van der Waals surface area (Å²) in [4.78, 5) is 10.8. The largest absolute Gasteiger partial charge is 0.478 e. The number of hydrogen-bond acceptors (Lipinski definition) is 3. The molecule has 18 heavy (non-hydrogen) atoms. The van der Waals surface area contributed by atoms with Gasteiger partial charge in [-0.25, -0.2) is 17.9 Å². The van der Waals surface area contributed by atoms with Crippen molar-refractivity contribution < 1.29 is 18.3 Å². The van der Waals surface area contributed by atoms with Crippen LogP contribution in [0.2, 0.25) is 0 Å². The van der Waals surface area contributed by atoms with E-state index in [2.05, 4.69) is 11.3 Å². The van der Waals surface area contributed by atoms with Gasteiger partial charge >= 0.3 is 5.97 Å². The summed E-state index contributed by atoms with van der Waals surface area (Å²) >= 11 is 0. The van der Waals surface area contributed by atoms with Gasteiger partial charge in [-0.2, -0.15) is 0 Å². The highest BCUT2D eigenvalue weighted by atomic mass is 32.2. The van der Waals surface area contributed by atoms with Gasteiger partial charge in [0.25, 0.3) is 0 Å². The maximum Gasteiger partial charge on any atom is 0.335 e. The summed E-state index contributed by atoms with van der Waals surface area (Å²) in [5.41, 5.74) is 0.454. The molecule has 0 saturated carbocycles. The van der Waals surface area contributed by atoms with E-state index in [4.69, 9.17) is 5.11 Å². The minimum atomic E-state index is -3.68. The molecular weight excluding hydrogens is 254 g/mol. The van der Waals surface area contributed by atoms with Gasteiger partial charge in [0.15, 0.2) is 0 Å². The molecular formula is C12H15NO4S. The number of carboxylic acids is 1. The zero-order valence-electron chi connectivity index (χ0n) is 10.0. The third-order valence-corrected chi connectivity index (χ3v) is 3.97. The molecule has 1 aromatic rings. The predicted octanol–water partition coefficient (Wildman–Crippen LogP) is 1.55. The van der Waals surface area contributed by atoms with Gasteiger partial charge in [0.2, 0.25) is 10.0 Å². The number of nitrogens with one attached hydrogen (secondary N) is 1. The highest BCUT2D eigenvalue weighted by Crippen LogP contribution is 2.17. The lowest BCUT2D eigenvalue weighted by Crippen LogP contribution is -2.25. The van der Waals surface area contributed by atoms with E-state index in [1.54, 1.807) is 13.0 Å². The van der Waals surface area contributed by atoms with Gasteiger partial charge in [0, 0.05) is 6.54 Å². The number of carbonyl (C=O) groups is 1. The van der Waals surface area contributed by atoms with Gasteiger partial charge in [-0.05, 0) is 31.0 Å². The van der Waals surface area contributed by atoms with Crippen molar-refractivity contribution in [2.45, 2.75) is 18.2 Å². The van der Waals surface area contributed by atoms with Crippen LogP contribution in [0.3, 0.4) is 0 Å². The second kappa shape index (κ2) is 5.79. The van der Waals surface area contributed by atoms with Crippen molar-refractivity contribution in [2.24, 2.45) is 0 Å². The Morgan fingerprint density at radius 1 is 1.50 bits per heavy atom. The van der Waals surface area contributed by atoms with Gasteiger partial charge in [0.1, 0.15) is 0 Å². The summed E-state index contributed by atoms with van der Waals surface area (Å²) in [5.74, 6) is -1.16. The number of benzene rings is 1. The molecule has 0 radical (unpaired) electrons. The normalized spacial score (nSPS) is 11.2. The first-order chi connectivity index (χ1) is 8.38. The smallest absolute Gasteiger partial charge is 0.335 e. The summed E-state index contributed by atoms with van der Waals surface area (Å²) < 4.78 is 26.3. The fourth-order valence-electron chi connectivity index (χ4n) is 1.40. The van der Waals surface area contributed by atoms with Crippen LogP contribution in [0.4, 0.5) is 0 Å². The van der Waals surface area contributed by atoms with Crippen molar-refractivity contribution in [3.05, 3.63) is 42.0 Å². The van der Waals surface area contributed by atoms with Crippen LogP contribution in [0.1, 0.15) is 22.3 Å². The molecule has 0 unspecified atom stereocenters. The van der Waals surface area contributed by atoms with E-state index in [0.29, 0.717) is 12.0 Å². The van der Waals surface area contributed by atoms with Crippen molar-refractivity contribution in [3.8, 4) is 0 Å². The Labute approximate surface area is 106 Å². The lowest BCUT2D eigenvalue weighted by Gasteiger charge is -2.09. The molecule has 1 rings (SSSR count). The molecule has 0 amide bonds. The Balaban J connectivity index is 3.10. The van der Waals surface area contributed by atoms with E-state index in [0.717, 1.165) is 6.07 Å². The van der Waals surface area contributed by atoms with Gasteiger partial charge in [-0.3, -0.25) is 0 Å². The standard InChI is InChI=1S/C12H15NO4S/c1-3-4-7-13-18(16,17)11-8-10(12(14)15)6-5-9(11)2/h3,5-6,8,13H,1,4,7H2,2H3,(H,14,15). The molecule has 0 heterocycles. The third kappa shape index (κ3) is 3.41. The molecule has 0 atom stereocenters. The van der Waals surface area contributed by atoms with Crippen LogP contribution in [-0.2, 0) is 10.0 Å². The van der Waals surface area contributed by atoms with Gasteiger partial charge in [-0.1, -0.05) is 12.1 Å². The van der Waals surface area contributed by atoms with Crippen molar-refractivity contribution in [1.29, 1.82) is 0 Å². The average molecular weight is 269 g/mol. The fraction of sp³-hybridized carbons (Fsp3) is 0.250. The molecule has 0 aliphatic carbocycles. The van der Waals surface area contributed by atoms with E-state index in [1.165, 1.54) is 12.1 Å². The van der Waals surface area contributed by atoms with E-state index in [1.807, 2.05) is 0 Å². The first-order valence-electron chi connectivity index (χ1n) is 5.33. The summed E-state index contributed by atoms with van der Waals surface area (Å²) in [7, 11) is -3.68. The van der Waals surface area contributed by atoms with E-state index >= 15 is 0 Å². The van der Waals surface area contributed by atoms with Crippen LogP contribution in [0.15, 0.2) is 35.7 Å². The highest BCUT2D eigenvalue weighted by Gasteiger charge is 2.18. The van der Waals surface area contributed by atoms with Crippen LogP contribution in [0, 0.1) is 6.92 Å². The van der Waals surface area contributed by atoms with E-state index < -0.39 is 16.0 Å². The molecule has 0 aromatic heterocycles. The molecule has 2 N–H and O–H groups in total. The number of sulfonamides is 1. The first-order valence-corrected chi connectivity index (χ1v) is 6.81. The van der Waals surface area contributed by atoms with Crippen molar-refractivity contribution in [3.63, 3.8) is 0 Å². The van der Waals surface area contributed by atoms with Crippen LogP contribution >= 0.6 is 0 Å². The van der Waals surface area contributed by atoms with Crippen LogP contribution in [-0.4, -0.2) is 26.0 Å². The zero-order valence-corrected chi connectivity index (χ0v) is 10.8. The molecule has 5 nitrogen and oxygen atoms in total. The summed E-state index contributed by atoms with van der Waals surface area (Å²) in [6, 6.07) is 4.01. The van der Waals surface area contributed by atoms with Crippen LogP contribution in [0.5, 0.6) is 0 Å². The topological polar surface area (TPSA) is 83.5 Å². The number of carboxylic acid groups (broad SMARTS) is 1. The van der Waals surface area contributed by atoms with E-state index in [9.17, 15) is 13.2 Å². The molecule has 6 heteroatoms. The van der Waals surface area contributed by atoms with E-state index in [-0.39, 0.29) is 17.0 Å². The molecule has 0 aliphatic rings. The molecule has 0 spiro atoms. The summed E-state index contributed by atoms with van der Waals surface area (Å²) in [6.07, 6.45) is 2.11. The minimum Gasteiger partial charge on any atom is -0.478 e. The van der Waals surface area contributed by atoms with Crippen molar-refractivity contribution in [1.82, 2.24) is 4.72 Å². The van der Waals surface area contributed by atoms with Crippen molar-refractivity contribution in [2.75, 3.05) is 6.54 Å². The summed E-state index contributed by atoms with van der Waals surface area (Å²) in [5, 5.41) is 8.85. The van der Waals surface area contributed by atoms with Gasteiger partial charge in [0.05, 0.1) is 10.5 Å². The lowest BCUT2D eigenvalue weighted by molar-refractivity contribution is 0.0696. The Kier molecular flexibility index (Phi) is 4.63. The fourth-order valence-corrected chi connectivity index (χ4v) is 2.71. The van der Waals surface area contributed by atoms with Gasteiger partial charge in [-0.15, -0.1) is 6.58 Å². The third-order valence-electron chi connectivity index (χ3n) is 2.37. The molecule has 0 saturated heterocycles. The summed E-state index contributed by atoms with van der Waals surface area (Å²) in [6.45, 7) is 5.35. The quantitative estimate of drug-likeness (QED) is 0.606. The average Bonchev–Trinajstić information content (AvgIpc) is 2.29. The molecule has 1 aromatic carbocycles. The van der Waals surface area contributed by atoms with Crippen molar-refractivity contribution >= 4 is 16.0 Å². The highest BCUT2D eigenvalue weighted by molar-refractivity contribution is 7.89. The minimum absolute atomic E-state index is 0.00791. The second-order valence-corrected chi connectivity index (χ2v) is 5.50. The Bertz CT molecular complexity index is 563. The Morgan fingerprint density at radius 2 is 2.17 bits per heavy atom.